The molecule has 4 unspecified atom stereocenters. The first-order valence-electron chi connectivity index (χ1n) is 11.7. The van der Waals surface area contributed by atoms with Gasteiger partial charge in [0.1, 0.15) is 18.1 Å². The van der Waals surface area contributed by atoms with Gasteiger partial charge in [0.15, 0.2) is 5.96 Å². The minimum Gasteiger partial charge on any atom is -0.480 e. The van der Waals surface area contributed by atoms with Crippen LogP contribution in [0.5, 0.6) is 0 Å². The second-order valence-corrected chi connectivity index (χ2v) is 8.70. The monoisotopic (exact) mass is 515 g/mol. The smallest absolute Gasteiger partial charge is 0.326 e. The van der Waals surface area contributed by atoms with Gasteiger partial charge in [-0.2, -0.15) is 0 Å². The molecule has 0 heterocycles. The zero-order valence-electron chi connectivity index (χ0n) is 20.9. The average Bonchev–Trinajstić information content (AvgIpc) is 2.77. The SMILES string of the molecule is CC(C)C(NC(=O)C(N)CCCN=C(N)N)C(=O)NC(CC(N)=O)C(=O)NC(CCCCN)C(=O)O. The number of nitrogens with one attached hydrogen (secondary N) is 3. The zero-order valence-corrected chi connectivity index (χ0v) is 20.9. The Bertz CT molecular complexity index is 786. The Balaban J connectivity index is 5.30. The van der Waals surface area contributed by atoms with E-state index in [2.05, 4.69) is 20.9 Å². The highest BCUT2D eigenvalue weighted by atomic mass is 16.4. The minimum atomic E-state index is -1.45. The first-order chi connectivity index (χ1) is 16.8. The maximum Gasteiger partial charge on any atom is 0.326 e. The lowest BCUT2D eigenvalue weighted by Gasteiger charge is -2.26. The summed E-state index contributed by atoms with van der Waals surface area (Å²) in [6.07, 6.45) is 1.24. The van der Waals surface area contributed by atoms with Gasteiger partial charge in [-0.3, -0.25) is 24.2 Å². The Morgan fingerprint density at radius 2 is 1.44 bits per heavy atom. The fraction of sp³-hybridized carbons (Fsp3) is 0.714. The van der Waals surface area contributed by atoms with E-state index in [0.717, 1.165) is 0 Å². The van der Waals surface area contributed by atoms with E-state index in [4.69, 9.17) is 28.7 Å². The van der Waals surface area contributed by atoms with E-state index in [9.17, 15) is 29.1 Å². The number of aliphatic imine (C=N–C) groups is 1. The van der Waals surface area contributed by atoms with Gasteiger partial charge in [0.25, 0.3) is 0 Å². The van der Waals surface area contributed by atoms with Gasteiger partial charge in [-0.1, -0.05) is 13.8 Å². The van der Waals surface area contributed by atoms with Gasteiger partial charge in [0, 0.05) is 6.54 Å². The van der Waals surface area contributed by atoms with E-state index >= 15 is 0 Å². The first-order valence-corrected chi connectivity index (χ1v) is 11.7. The van der Waals surface area contributed by atoms with Crippen LogP contribution in [0.15, 0.2) is 4.99 Å². The molecule has 0 saturated carbocycles. The Morgan fingerprint density at radius 1 is 0.833 bits per heavy atom. The van der Waals surface area contributed by atoms with Gasteiger partial charge >= 0.3 is 5.97 Å². The normalized spacial score (nSPS) is 14.1. The molecule has 15 heteroatoms. The molecule has 206 valence electrons. The van der Waals surface area contributed by atoms with Crippen molar-refractivity contribution in [2.75, 3.05) is 13.1 Å². The molecule has 0 aromatic rings. The van der Waals surface area contributed by atoms with E-state index in [1.165, 1.54) is 0 Å². The molecule has 0 aromatic heterocycles. The fourth-order valence-electron chi connectivity index (χ4n) is 3.14. The molecular weight excluding hydrogens is 474 g/mol. The molecule has 0 rings (SSSR count). The molecule has 15 nitrogen and oxygen atoms in total. The van der Waals surface area contributed by atoms with Crippen molar-refractivity contribution in [3.8, 4) is 0 Å². The molecule has 0 aliphatic carbocycles. The summed E-state index contributed by atoms with van der Waals surface area (Å²) in [6, 6.07) is -4.72. The van der Waals surface area contributed by atoms with Crippen LogP contribution < -0.4 is 44.6 Å². The first kappa shape index (κ1) is 32.5. The number of rotatable bonds is 18. The number of guanidine groups is 1. The number of aliphatic carboxylic acids is 1. The van der Waals surface area contributed by atoms with Gasteiger partial charge < -0.3 is 49.7 Å². The molecule has 14 N–H and O–H groups in total. The Labute approximate surface area is 210 Å². The second-order valence-electron chi connectivity index (χ2n) is 8.70. The number of amides is 4. The number of nitrogens with zero attached hydrogens (tertiary/aromatic N) is 1. The lowest BCUT2D eigenvalue weighted by atomic mass is 10.0. The predicted octanol–water partition coefficient (Wildman–Crippen LogP) is -3.43. The number of hydrogen-bond acceptors (Lipinski definition) is 8. The number of carbonyl (C=O) groups excluding carboxylic acids is 4. The Kier molecular flexibility index (Phi) is 15.4. The Morgan fingerprint density at radius 3 is 1.94 bits per heavy atom. The standard InChI is InChI=1S/C21H41N9O6/c1-11(2)16(30-17(32)12(23)6-5-9-27-21(25)26)19(34)29-14(10-15(24)31)18(33)28-13(20(35)36)7-3-4-8-22/h11-14,16H,3-10,22-23H2,1-2H3,(H2,24,31)(H,28,33)(H,29,34)(H,30,32)(H,35,36)(H4,25,26,27). The molecule has 0 bridgehead atoms. The third-order valence-electron chi connectivity index (χ3n) is 5.15. The van der Waals surface area contributed by atoms with Gasteiger partial charge in [-0.05, 0) is 44.6 Å². The highest BCUT2D eigenvalue weighted by Gasteiger charge is 2.32. The van der Waals surface area contributed by atoms with Gasteiger partial charge in [0.2, 0.25) is 23.6 Å². The van der Waals surface area contributed by atoms with Crippen molar-refractivity contribution in [1.29, 1.82) is 0 Å². The van der Waals surface area contributed by atoms with Crippen molar-refractivity contribution in [3.63, 3.8) is 0 Å². The molecule has 0 fully saturated rings. The van der Waals surface area contributed by atoms with E-state index in [1.807, 2.05) is 0 Å². The number of hydrogen-bond donors (Lipinski definition) is 9. The van der Waals surface area contributed by atoms with Crippen LogP contribution in [0, 0.1) is 5.92 Å². The highest BCUT2D eigenvalue weighted by molar-refractivity contribution is 5.96. The van der Waals surface area contributed by atoms with Crippen LogP contribution in [-0.2, 0) is 24.0 Å². The number of carbonyl (C=O) groups is 5. The molecule has 0 spiro atoms. The summed E-state index contributed by atoms with van der Waals surface area (Å²) in [5, 5.41) is 16.6. The van der Waals surface area contributed by atoms with Crippen LogP contribution in [-0.4, -0.2) is 77.9 Å². The van der Waals surface area contributed by atoms with E-state index < -0.39 is 66.1 Å². The third-order valence-corrected chi connectivity index (χ3v) is 5.15. The summed E-state index contributed by atoms with van der Waals surface area (Å²) in [5.74, 6) is -4.91. The maximum absolute atomic E-state index is 12.9. The van der Waals surface area contributed by atoms with Crippen molar-refractivity contribution >= 4 is 35.6 Å². The maximum atomic E-state index is 12.9. The third kappa shape index (κ3) is 13.4. The number of nitrogens with two attached hydrogens (primary N) is 5. The number of unbranched alkanes of at least 4 members (excludes halogenated alkanes) is 1. The molecule has 0 aliphatic rings. The van der Waals surface area contributed by atoms with Crippen LogP contribution >= 0.6 is 0 Å². The van der Waals surface area contributed by atoms with Crippen LogP contribution in [0.3, 0.4) is 0 Å². The lowest BCUT2D eigenvalue weighted by molar-refractivity contribution is -0.142. The van der Waals surface area contributed by atoms with Gasteiger partial charge in [-0.15, -0.1) is 0 Å². The molecule has 0 aromatic carbocycles. The van der Waals surface area contributed by atoms with Gasteiger partial charge in [0.05, 0.1) is 12.5 Å². The van der Waals surface area contributed by atoms with Crippen molar-refractivity contribution in [1.82, 2.24) is 16.0 Å². The fourth-order valence-corrected chi connectivity index (χ4v) is 3.14. The molecular formula is C21H41N9O6. The molecule has 36 heavy (non-hydrogen) atoms. The van der Waals surface area contributed by atoms with Crippen LogP contribution in [0.1, 0.15) is 52.4 Å². The second kappa shape index (κ2) is 17.0. The van der Waals surface area contributed by atoms with E-state index in [0.29, 0.717) is 25.8 Å². The van der Waals surface area contributed by atoms with Crippen molar-refractivity contribution in [2.24, 2.45) is 39.6 Å². The number of carboxylic acids is 1. The number of carboxylic acid groups (broad SMARTS) is 1. The molecule has 4 atom stereocenters. The number of primary amides is 1. The summed E-state index contributed by atoms with van der Waals surface area (Å²) in [6.45, 7) is 3.97. The Hall–Kier alpha value is -3.46. The molecule has 4 amide bonds. The average molecular weight is 516 g/mol. The predicted molar refractivity (Wildman–Crippen MR) is 133 cm³/mol. The summed E-state index contributed by atoms with van der Waals surface area (Å²) in [5.41, 5.74) is 27.0. The molecule has 0 radical (unpaired) electrons. The quantitative estimate of drug-likeness (QED) is 0.0494. The summed E-state index contributed by atoms with van der Waals surface area (Å²) < 4.78 is 0. The summed E-state index contributed by atoms with van der Waals surface area (Å²) in [7, 11) is 0. The van der Waals surface area contributed by atoms with Crippen molar-refractivity contribution in [3.05, 3.63) is 0 Å². The topological polar surface area (TPSA) is 284 Å². The van der Waals surface area contributed by atoms with Crippen molar-refractivity contribution in [2.45, 2.75) is 76.5 Å². The largest absolute Gasteiger partial charge is 0.480 e. The van der Waals surface area contributed by atoms with Gasteiger partial charge in [-0.25, -0.2) is 4.79 Å². The van der Waals surface area contributed by atoms with Crippen LogP contribution in [0.25, 0.3) is 0 Å². The molecule has 0 aliphatic heterocycles. The molecule has 0 saturated heterocycles. The zero-order chi connectivity index (χ0) is 27.8. The van der Waals surface area contributed by atoms with E-state index in [1.54, 1.807) is 13.8 Å². The highest BCUT2D eigenvalue weighted by Crippen LogP contribution is 2.07. The summed E-state index contributed by atoms with van der Waals surface area (Å²) in [4.78, 5) is 65.0. The van der Waals surface area contributed by atoms with E-state index in [-0.39, 0.29) is 25.3 Å². The van der Waals surface area contributed by atoms with Crippen molar-refractivity contribution < 1.29 is 29.1 Å². The van der Waals surface area contributed by atoms with Crippen LogP contribution in [0.2, 0.25) is 0 Å². The lowest BCUT2D eigenvalue weighted by Crippen LogP contribution is -2.59. The minimum absolute atomic E-state index is 0.0793. The summed E-state index contributed by atoms with van der Waals surface area (Å²) >= 11 is 0. The van der Waals surface area contributed by atoms with Crippen LogP contribution in [0.4, 0.5) is 0 Å².